The van der Waals surface area contributed by atoms with Crippen molar-refractivity contribution >= 4 is 0 Å². The fraction of sp³-hybridized carbons (Fsp3) is 0.647. The van der Waals surface area contributed by atoms with E-state index < -0.39 is 0 Å². The summed E-state index contributed by atoms with van der Waals surface area (Å²) in [4.78, 5) is 0. The normalized spacial score (nSPS) is 18.1. The summed E-state index contributed by atoms with van der Waals surface area (Å²) >= 11 is 0. The van der Waals surface area contributed by atoms with Crippen molar-refractivity contribution in [2.24, 2.45) is 11.8 Å². The molecule has 1 aromatic rings. The molecule has 2 atom stereocenters. The number of nitrogens with one attached hydrogen (secondary N) is 1. The molecule has 2 rings (SSSR count). The molecule has 1 aliphatic carbocycles. The van der Waals surface area contributed by atoms with Crippen LogP contribution in [0.4, 0.5) is 0 Å². The first-order valence-corrected chi connectivity index (χ1v) is 7.72. The number of benzene rings is 1. The lowest BCUT2D eigenvalue weighted by Gasteiger charge is -2.26. The minimum atomic E-state index is 0.466. The van der Waals surface area contributed by atoms with Crippen molar-refractivity contribution in [2.75, 3.05) is 13.2 Å². The first-order valence-electron chi connectivity index (χ1n) is 7.72. The van der Waals surface area contributed by atoms with Crippen LogP contribution in [0.15, 0.2) is 24.3 Å². The molecule has 0 heterocycles. The van der Waals surface area contributed by atoms with Crippen LogP contribution in [-0.4, -0.2) is 13.2 Å². The summed E-state index contributed by atoms with van der Waals surface area (Å²) in [5, 5.41) is 3.72. The van der Waals surface area contributed by atoms with Crippen LogP contribution >= 0.6 is 0 Å². The highest BCUT2D eigenvalue weighted by atomic mass is 16.5. The predicted octanol–water partition coefficient (Wildman–Crippen LogP) is 4.17. The van der Waals surface area contributed by atoms with E-state index in [4.69, 9.17) is 4.74 Å². The molecule has 2 heteroatoms. The largest absolute Gasteiger partial charge is 0.494 e. The van der Waals surface area contributed by atoms with Gasteiger partial charge in [-0.15, -0.1) is 0 Å². The van der Waals surface area contributed by atoms with Crippen LogP contribution in [0.2, 0.25) is 0 Å². The lowest BCUT2D eigenvalue weighted by Crippen LogP contribution is -2.28. The molecule has 19 heavy (non-hydrogen) atoms. The molecule has 2 nitrogen and oxygen atoms in total. The summed E-state index contributed by atoms with van der Waals surface area (Å²) in [7, 11) is 0. The maximum atomic E-state index is 5.63. The average molecular weight is 261 g/mol. The lowest BCUT2D eigenvalue weighted by molar-refractivity contribution is 0.332. The molecule has 0 spiro atoms. The first-order chi connectivity index (χ1) is 9.26. The van der Waals surface area contributed by atoms with Crippen molar-refractivity contribution in [3.05, 3.63) is 29.8 Å². The van der Waals surface area contributed by atoms with Gasteiger partial charge in [-0.2, -0.15) is 0 Å². The maximum absolute atomic E-state index is 5.63. The van der Waals surface area contributed by atoms with Gasteiger partial charge in [0.2, 0.25) is 0 Å². The van der Waals surface area contributed by atoms with Crippen LogP contribution in [0.1, 0.15) is 51.6 Å². The zero-order chi connectivity index (χ0) is 13.7. The van der Waals surface area contributed by atoms with Gasteiger partial charge in [-0.25, -0.2) is 0 Å². The maximum Gasteiger partial charge on any atom is 0.119 e. The lowest BCUT2D eigenvalue weighted by atomic mass is 9.90. The van der Waals surface area contributed by atoms with Crippen molar-refractivity contribution in [1.29, 1.82) is 0 Å². The van der Waals surface area contributed by atoms with Gasteiger partial charge in [0.1, 0.15) is 5.75 Å². The Kier molecular flexibility index (Phi) is 5.26. The quantitative estimate of drug-likeness (QED) is 0.758. The summed E-state index contributed by atoms with van der Waals surface area (Å²) in [6, 6.07) is 9.06. The Morgan fingerprint density at radius 1 is 1.32 bits per heavy atom. The van der Waals surface area contributed by atoms with E-state index in [2.05, 4.69) is 37.4 Å². The molecule has 1 saturated carbocycles. The summed E-state index contributed by atoms with van der Waals surface area (Å²) < 4.78 is 5.63. The molecule has 2 unspecified atom stereocenters. The number of hydrogen-bond acceptors (Lipinski definition) is 2. The number of rotatable bonds is 8. The number of ether oxygens (including phenoxy) is 1. The zero-order valence-electron chi connectivity index (χ0n) is 12.5. The molecule has 0 bridgehead atoms. The molecule has 0 aromatic heterocycles. The molecule has 1 aromatic carbocycles. The summed E-state index contributed by atoms with van der Waals surface area (Å²) in [5.41, 5.74) is 1.37. The minimum Gasteiger partial charge on any atom is -0.494 e. The van der Waals surface area contributed by atoms with Crippen molar-refractivity contribution in [2.45, 2.75) is 46.1 Å². The third-order valence-corrected chi connectivity index (χ3v) is 4.03. The fourth-order valence-corrected chi connectivity index (χ4v) is 2.77. The van der Waals surface area contributed by atoms with Gasteiger partial charge in [-0.3, -0.25) is 0 Å². The Morgan fingerprint density at radius 2 is 2.11 bits per heavy atom. The van der Waals surface area contributed by atoms with Gasteiger partial charge < -0.3 is 10.1 Å². The predicted molar refractivity (Wildman–Crippen MR) is 80.5 cm³/mol. The molecule has 0 aliphatic heterocycles. The van der Waals surface area contributed by atoms with E-state index in [1.54, 1.807) is 0 Å². The van der Waals surface area contributed by atoms with Crippen LogP contribution in [0.3, 0.4) is 0 Å². The van der Waals surface area contributed by atoms with E-state index in [1.165, 1.54) is 24.8 Å². The van der Waals surface area contributed by atoms with E-state index in [0.29, 0.717) is 12.0 Å². The van der Waals surface area contributed by atoms with Crippen molar-refractivity contribution < 1.29 is 4.74 Å². The molecule has 106 valence electrons. The van der Waals surface area contributed by atoms with E-state index >= 15 is 0 Å². The molecular weight excluding hydrogens is 234 g/mol. The third kappa shape index (κ3) is 3.97. The molecule has 1 fully saturated rings. The van der Waals surface area contributed by atoms with E-state index in [9.17, 15) is 0 Å². The summed E-state index contributed by atoms with van der Waals surface area (Å²) in [6.45, 7) is 8.46. The van der Waals surface area contributed by atoms with Crippen LogP contribution < -0.4 is 10.1 Å². The Balaban J connectivity index is 2.13. The first kappa shape index (κ1) is 14.4. The fourth-order valence-electron chi connectivity index (χ4n) is 2.77. The zero-order valence-corrected chi connectivity index (χ0v) is 12.5. The Hall–Kier alpha value is -1.02. The van der Waals surface area contributed by atoms with Crippen molar-refractivity contribution in [3.8, 4) is 5.75 Å². The molecule has 1 N–H and O–H groups in total. The summed E-state index contributed by atoms with van der Waals surface area (Å²) in [6.07, 6.45) is 3.98. The van der Waals surface area contributed by atoms with Gasteiger partial charge in [-0.1, -0.05) is 26.0 Å². The highest BCUT2D eigenvalue weighted by molar-refractivity contribution is 5.31. The molecule has 1 aliphatic rings. The summed E-state index contributed by atoms with van der Waals surface area (Å²) in [5.74, 6) is 2.61. The molecule has 0 radical (unpaired) electrons. The number of hydrogen-bond donors (Lipinski definition) is 1. The highest BCUT2D eigenvalue weighted by Crippen LogP contribution is 2.43. The molecular formula is C17H27NO. The van der Waals surface area contributed by atoms with Crippen LogP contribution in [0.25, 0.3) is 0 Å². The monoisotopic (exact) mass is 261 g/mol. The van der Waals surface area contributed by atoms with Crippen LogP contribution in [-0.2, 0) is 0 Å². The van der Waals surface area contributed by atoms with Crippen LogP contribution in [0.5, 0.6) is 5.75 Å². The Bertz CT molecular complexity index is 387. The second kappa shape index (κ2) is 6.95. The third-order valence-electron chi connectivity index (χ3n) is 4.03. The van der Waals surface area contributed by atoms with Crippen LogP contribution in [0, 0.1) is 11.8 Å². The van der Waals surface area contributed by atoms with Gasteiger partial charge in [0.25, 0.3) is 0 Å². The minimum absolute atomic E-state index is 0.466. The molecule has 0 saturated heterocycles. The SMILES string of the molecule is CCCNC(c1cccc(OCC)c1)C(C)C1CC1. The van der Waals surface area contributed by atoms with Gasteiger partial charge in [0.15, 0.2) is 0 Å². The molecule has 0 amide bonds. The second-order valence-electron chi connectivity index (χ2n) is 5.63. The smallest absolute Gasteiger partial charge is 0.119 e. The Morgan fingerprint density at radius 3 is 2.74 bits per heavy atom. The van der Waals surface area contributed by atoms with E-state index in [0.717, 1.165) is 24.8 Å². The second-order valence-corrected chi connectivity index (χ2v) is 5.63. The van der Waals surface area contributed by atoms with E-state index in [-0.39, 0.29) is 0 Å². The van der Waals surface area contributed by atoms with Crippen molar-refractivity contribution in [3.63, 3.8) is 0 Å². The van der Waals surface area contributed by atoms with Gasteiger partial charge >= 0.3 is 0 Å². The Labute approximate surface area is 117 Å². The van der Waals surface area contributed by atoms with Gasteiger partial charge in [-0.05, 0) is 62.3 Å². The standard InChI is InChI=1S/C17H27NO/c1-4-11-18-17(13(3)14-9-10-14)15-7-6-8-16(12-15)19-5-2/h6-8,12-14,17-18H,4-5,9-11H2,1-3H3. The van der Waals surface area contributed by atoms with E-state index in [1.807, 2.05) is 13.0 Å². The topological polar surface area (TPSA) is 21.3 Å². The van der Waals surface area contributed by atoms with Crippen molar-refractivity contribution in [1.82, 2.24) is 5.32 Å². The highest BCUT2D eigenvalue weighted by Gasteiger charge is 2.33. The van der Waals surface area contributed by atoms with Gasteiger partial charge in [0, 0.05) is 6.04 Å². The average Bonchev–Trinajstić information content (AvgIpc) is 3.24. The van der Waals surface area contributed by atoms with Gasteiger partial charge in [0.05, 0.1) is 6.61 Å².